The lowest BCUT2D eigenvalue weighted by Gasteiger charge is -2.28. The molecule has 202 valence electrons. The van der Waals surface area contributed by atoms with Gasteiger partial charge in [-0.3, -0.25) is 9.59 Å². The molecule has 2 aliphatic heterocycles. The minimum absolute atomic E-state index is 0.0442. The number of thiophene rings is 2. The minimum Gasteiger partial charge on any atom is -0.619 e. The van der Waals surface area contributed by atoms with Gasteiger partial charge in [0.05, 0.1) is 12.6 Å². The highest BCUT2D eigenvalue weighted by molar-refractivity contribution is 7.89. The second-order valence-corrected chi connectivity index (χ2v) is 13.6. The Balaban J connectivity index is 1.32. The molecule has 5 rings (SSSR count). The van der Waals surface area contributed by atoms with E-state index in [1.54, 1.807) is 6.07 Å². The van der Waals surface area contributed by atoms with Crippen molar-refractivity contribution in [1.29, 1.82) is 0 Å². The van der Waals surface area contributed by atoms with E-state index in [9.17, 15) is 28.0 Å². The smallest absolute Gasteiger partial charge is 0.414 e. The van der Waals surface area contributed by atoms with E-state index in [0.717, 1.165) is 19.9 Å². The molecule has 1 N–H and O–H groups in total. The second-order valence-electron chi connectivity index (χ2n) is 9.68. The summed E-state index contributed by atoms with van der Waals surface area (Å²) >= 11 is 2.86. The minimum atomic E-state index is -4.13. The van der Waals surface area contributed by atoms with Gasteiger partial charge in [0.1, 0.15) is 17.0 Å². The van der Waals surface area contributed by atoms with Gasteiger partial charge in [0.25, 0.3) is 0 Å². The van der Waals surface area contributed by atoms with E-state index >= 15 is 0 Å². The number of hydrogen-bond acceptors (Lipinski definition) is 9. The topological polar surface area (TPSA) is 140 Å². The van der Waals surface area contributed by atoms with Crippen LogP contribution in [0.2, 0.25) is 0 Å². The van der Waals surface area contributed by atoms with Crippen molar-refractivity contribution in [2.24, 2.45) is 5.92 Å². The second kappa shape index (κ2) is 10.2. The maximum atomic E-state index is 13.6. The van der Waals surface area contributed by atoms with Crippen LogP contribution in [0.25, 0.3) is 9.40 Å². The Morgan fingerprint density at radius 1 is 1.29 bits per heavy atom. The number of sulfonamides is 1. The Morgan fingerprint density at radius 3 is 2.79 bits per heavy atom. The number of hydrogen-bond donors (Lipinski definition) is 1. The van der Waals surface area contributed by atoms with Crippen LogP contribution in [-0.4, -0.2) is 66.6 Å². The number of likely N-dealkylation sites (tertiary alicyclic amines) is 1. The zero-order valence-electron chi connectivity index (χ0n) is 20.6. The molecule has 2 aliphatic rings. The molecule has 0 spiro atoms. The number of ether oxygens (including phenoxy) is 1. The quantitative estimate of drug-likeness (QED) is 0.335. The van der Waals surface area contributed by atoms with Crippen LogP contribution in [0.1, 0.15) is 26.7 Å². The van der Waals surface area contributed by atoms with E-state index in [1.807, 2.05) is 25.3 Å². The standard InChI is InChI=1S/C24H26N4O7S3/c1-14(2)10-16(25-24(31)35-21-11-20-19(37-21)6-9-36-20)23(30)27-8-5-17-22(27)18(29)13-28(17)38(33,34)15-4-3-7-26(32)12-15/h3-4,6-7,9,11-12,14,16-17,22H,5,8,10,13H2,1-2H3,(H,25,31). The summed E-state index contributed by atoms with van der Waals surface area (Å²) in [5, 5.41) is 16.7. The molecule has 0 radical (unpaired) electrons. The van der Waals surface area contributed by atoms with Crippen LogP contribution in [0.5, 0.6) is 5.06 Å². The molecule has 11 nitrogen and oxygen atoms in total. The summed E-state index contributed by atoms with van der Waals surface area (Å²) < 4.78 is 35.4. The molecule has 14 heteroatoms. The van der Waals surface area contributed by atoms with Gasteiger partial charge >= 0.3 is 6.09 Å². The van der Waals surface area contributed by atoms with Crippen LogP contribution in [0, 0.1) is 11.1 Å². The summed E-state index contributed by atoms with van der Waals surface area (Å²) in [6, 6.07) is 3.66. The van der Waals surface area contributed by atoms with Crippen molar-refractivity contribution in [1.82, 2.24) is 14.5 Å². The van der Waals surface area contributed by atoms with Crippen molar-refractivity contribution in [3.8, 4) is 5.06 Å². The van der Waals surface area contributed by atoms with Crippen molar-refractivity contribution in [3.63, 3.8) is 0 Å². The Bertz CT molecular complexity index is 1470. The average Bonchev–Trinajstić information content (AvgIpc) is 3.60. The molecule has 2 fully saturated rings. The lowest BCUT2D eigenvalue weighted by molar-refractivity contribution is -0.607. The molecule has 3 unspecified atom stereocenters. The predicted molar refractivity (Wildman–Crippen MR) is 140 cm³/mol. The molecule has 3 aromatic rings. The third-order valence-corrected chi connectivity index (χ3v) is 10.4. The number of nitrogens with one attached hydrogen (secondary N) is 1. The lowest BCUT2D eigenvalue weighted by Crippen LogP contribution is -2.53. The van der Waals surface area contributed by atoms with Crippen LogP contribution < -0.4 is 14.8 Å². The van der Waals surface area contributed by atoms with Gasteiger partial charge in [0.2, 0.25) is 15.9 Å². The first-order chi connectivity index (χ1) is 18.0. The number of nitrogens with zero attached hydrogens (tertiary/aromatic N) is 3. The molecule has 38 heavy (non-hydrogen) atoms. The van der Waals surface area contributed by atoms with Crippen LogP contribution >= 0.6 is 22.7 Å². The highest BCUT2D eigenvalue weighted by Crippen LogP contribution is 2.36. The van der Waals surface area contributed by atoms with E-state index in [-0.39, 0.29) is 23.8 Å². The molecule has 0 aliphatic carbocycles. The largest absolute Gasteiger partial charge is 0.619 e. The van der Waals surface area contributed by atoms with E-state index in [4.69, 9.17) is 4.74 Å². The molecular weight excluding hydrogens is 552 g/mol. The maximum Gasteiger partial charge on any atom is 0.414 e. The molecule has 0 aromatic carbocycles. The summed E-state index contributed by atoms with van der Waals surface area (Å²) in [7, 11) is -4.13. The van der Waals surface area contributed by atoms with Gasteiger partial charge in [-0.05, 0) is 36.3 Å². The zero-order chi connectivity index (χ0) is 27.2. The first kappa shape index (κ1) is 26.5. The third kappa shape index (κ3) is 5.00. The molecule has 3 atom stereocenters. The summed E-state index contributed by atoms with van der Waals surface area (Å²) in [6.45, 7) is 3.58. The first-order valence-electron chi connectivity index (χ1n) is 12.0. The Labute approximate surface area is 227 Å². The number of amides is 2. The molecule has 3 aromatic heterocycles. The number of pyridine rings is 1. The molecule has 5 heterocycles. The Kier molecular flexibility index (Phi) is 7.15. The van der Waals surface area contributed by atoms with Gasteiger partial charge in [0, 0.05) is 28.1 Å². The number of carbonyl (C=O) groups is 3. The molecule has 0 saturated carbocycles. The van der Waals surface area contributed by atoms with E-state index < -0.39 is 52.5 Å². The van der Waals surface area contributed by atoms with Gasteiger partial charge in [0.15, 0.2) is 23.2 Å². The predicted octanol–water partition coefficient (Wildman–Crippen LogP) is 2.34. The number of fused-ring (bicyclic) bond motifs is 2. The summed E-state index contributed by atoms with van der Waals surface area (Å²) in [6.07, 6.45) is 1.91. The highest BCUT2D eigenvalue weighted by Gasteiger charge is 2.54. The van der Waals surface area contributed by atoms with E-state index in [1.165, 1.54) is 45.9 Å². The van der Waals surface area contributed by atoms with Gasteiger partial charge in [-0.15, -0.1) is 11.3 Å². The average molecular weight is 579 g/mol. The maximum absolute atomic E-state index is 13.6. The number of ketones is 1. The van der Waals surface area contributed by atoms with Crippen molar-refractivity contribution < 1.29 is 32.3 Å². The molecule has 2 amide bonds. The molecular formula is C24H26N4O7S3. The van der Waals surface area contributed by atoms with Crippen molar-refractivity contribution in [2.45, 2.75) is 49.7 Å². The van der Waals surface area contributed by atoms with Crippen LogP contribution in [0.3, 0.4) is 0 Å². The first-order valence-corrected chi connectivity index (χ1v) is 15.2. The normalized spacial score (nSPS) is 20.7. The number of aromatic nitrogens is 1. The van der Waals surface area contributed by atoms with Gasteiger partial charge in [-0.25, -0.2) is 13.2 Å². The van der Waals surface area contributed by atoms with Gasteiger partial charge in [-0.1, -0.05) is 25.2 Å². The fourth-order valence-corrected chi connectivity index (χ4v) is 8.59. The fourth-order valence-electron chi connectivity index (χ4n) is 5.01. The lowest BCUT2D eigenvalue weighted by atomic mass is 10.0. The van der Waals surface area contributed by atoms with Crippen molar-refractivity contribution in [3.05, 3.63) is 47.2 Å². The van der Waals surface area contributed by atoms with Gasteiger partial charge in [-0.2, -0.15) is 9.04 Å². The van der Waals surface area contributed by atoms with Crippen LogP contribution in [0.15, 0.2) is 46.9 Å². The number of rotatable bonds is 7. The number of carbonyl (C=O) groups excluding carboxylic acids is 3. The van der Waals surface area contributed by atoms with Crippen LogP contribution in [0.4, 0.5) is 4.79 Å². The Morgan fingerprint density at radius 2 is 2.08 bits per heavy atom. The molecule has 2 saturated heterocycles. The summed E-state index contributed by atoms with van der Waals surface area (Å²) in [4.78, 5) is 40.5. The summed E-state index contributed by atoms with van der Waals surface area (Å²) in [5.41, 5.74) is 0. The monoisotopic (exact) mass is 578 g/mol. The van der Waals surface area contributed by atoms with Crippen molar-refractivity contribution in [2.75, 3.05) is 13.1 Å². The Hall–Kier alpha value is -3.07. The van der Waals surface area contributed by atoms with Crippen molar-refractivity contribution >= 4 is 59.9 Å². The number of Topliss-reactive ketones (excluding diaryl/α,β-unsaturated/α-hetero) is 1. The SMILES string of the molecule is CC(C)CC(NC(=O)Oc1cc2sccc2s1)C(=O)N1CCC2C1C(=O)CN2S(=O)(=O)c1ccc[n+]([O-])c1. The van der Waals surface area contributed by atoms with Gasteiger partial charge < -0.3 is 20.2 Å². The summed E-state index contributed by atoms with van der Waals surface area (Å²) in [5.74, 6) is -0.817. The van der Waals surface area contributed by atoms with E-state index in [2.05, 4.69) is 5.32 Å². The molecule has 0 bridgehead atoms. The third-order valence-electron chi connectivity index (χ3n) is 6.62. The fraction of sp³-hybridized carbons (Fsp3) is 0.417. The highest BCUT2D eigenvalue weighted by atomic mass is 32.2. The van der Waals surface area contributed by atoms with Crippen LogP contribution in [-0.2, 0) is 19.6 Å². The zero-order valence-corrected chi connectivity index (χ0v) is 23.1. The van der Waals surface area contributed by atoms with E-state index in [0.29, 0.717) is 16.2 Å².